The van der Waals surface area contributed by atoms with E-state index >= 15 is 0 Å². The minimum atomic E-state index is 0.105. The summed E-state index contributed by atoms with van der Waals surface area (Å²) < 4.78 is 11.1. The molecule has 5 nitrogen and oxygen atoms in total. The Bertz CT molecular complexity index is 529. The molecular formula is C18H26N2O3. The lowest BCUT2D eigenvalue weighted by molar-refractivity contribution is -0.139. The predicted molar refractivity (Wildman–Crippen MR) is 88.5 cm³/mol. The van der Waals surface area contributed by atoms with Crippen LogP contribution in [0.4, 0.5) is 0 Å². The molecule has 1 atom stereocenters. The summed E-state index contributed by atoms with van der Waals surface area (Å²) >= 11 is 0. The Balaban J connectivity index is 1.60. The van der Waals surface area contributed by atoms with E-state index in [1.54, 1.807) is 7.11 Å². The van der Waals surface area contributed by atoms with Gasteiger partial charge in [-0.1, -0.05) is 12.1 Å². The summed E-state index contributed by atoms with van der Waals surface area (Å²) in [5, 5.41) is 3.31. The third-order valence-electron chi connectivity index (χ3n) is 4.78. The predicted octanol–water partition coefficient (Wildman–Crippen LogP) is 2.13. The zero-order valence-corrected chi connectivity index (χ0v) is 13.8. The van der Waals surface area contributed by atoms with Crippen LogP contribution in [0.2, 0.25) is 0 Å². The van der Waals surface area contributed by atoms with Crippen LogP contribution in [0.1, 0.15) is 37.3 Å². The van der Waals surface area contributed by atoms with Gasteiger partial charge in [0, 0.05) is 6.54 Å². The molecule has 3 rings (SSSR count). The number of carbonyl (C=O) groups is 1. The van der Waals surface area contributed by atoms with Crippen molar-refractivity contribution in [3.8, 4) is 5.75 Å². The second-order valence-corrected chi connectivity index (χ2v) is 6.28. The molecule has 1 aromatic rings. The molecule has 1 amide bonds. The molecule has 0 spiro atoms. The molecule has 0 radical (unpaired) electrons. The highest BCUT2D eigenvalue weighted by atomic mass is 16.5. The van der Waals surface area contributed by atoms with Crippen molar-refractivity contribution in [1.29, 1.82) is 0 Å². The highest BCUT2D eigenvalue weighted by molar-refractivity contribution is 5.78. The maximum absolute atomic E-state index is 12.6. The zero-order chi connectivity index (χ0) is 16.1. The molecule has 0 bridgehead atoms. The van der Waals surface area contributed by atoms with Crippen LogP contribution in [-0.4, -0.2) is 50.3 Å². The highest BCUT2D eigenvalue weighted by Gasteiger charge is 2.30. The van der Waals surface area contributed by atoms with E-state index in [0.717, 1.165) is 56.6 Å². The molecule has 2 fully saturated rings. The van der Waals surface area contributed by atoms with Gasteiger partial charge in [0.2, 0.25) is 5.91 Å². The summed E-state index contributed by atoms with van der Waals surface area (Å²) in [7, 11) is 1.67. The quantitative estimate of drug-likeness (QED) is 0.903. The van der Waals surface area contributed by atoms with Crippen molar-refractivity contribution >= 4 is 5.91 Å². The Morgan fingerprint density at radius 2 is 2.13 bits per heavy atom. The first-order valence-corrected chi connectivity index (χ1v) is 8.53. The number of nitrogens with one attached hydrogen (secondary N) is 1. The average molecular weight is 318 g/mol. The van der Waals surface area contributed by atoms with Crippen LogP contribution in [0.25, 0.3) is 0 Å². The van der Waals surface area contributed by atoms with E-state index in [1.807, 2.05) is 23.1 Å². The molecule has 1 N–H and O–H groups in total. The molecule has 2 saturated heterocycles. The lowest BCUT2D eigenvalue weighted by Gasteiger charge is -2.27. The summed E-state index contributed by atoms with van der Waals surface area (Å²) in [5.41, 5.74) is 1.15. The fraction of sp³-hybridized carbons (Fsp3) is 0.611. The number of piperidine rings is 1. The molecule has 2 aliphatic rings. The molecule has 1 unspecified atom stereocenters. The summed E-state index contributed by atoms with van der Waals surface area (Å²) in [6.45, 7) is 2.98. The number of hydrogen-bond acceptors (Lipinski definition) is 4. The minimum absolute atomic E-state index is 0.105. The second kappa shape index (κ2) is 7.79. The number of hydrogen-bond donors (Lipinski definition) is 1. The van der Waals surface area contributed by atoms with Gasteiger partial charge in [0.1, 0.15) is 12.4 Å². The van der Waals surface area contributed by atoms with Gasteiger partial charge in [-0.15, -0.1) is 0 Å². The molecule has 1 aromatic carbocycles. The largest absolute Gasteiger partial charge is 0.497 e. The number of benzene rings is 1. The van der Waals surface area contributed by atoms with Crippen LogP contribution in [0.15, 0.2) is 24.3 Å². The summed E-state index contributed by atoms with van der Waals surface area (Å²) in [4.78, 5) is 14.5. The van der Waals surface area contributed by atoms with E-state index in [1.165, 1.54) is 0 Å². The molecule has 2 aliphatic heterocycles. The molecule has 126 valence electrons. The Kier molecular flexibility index (Phi) is 5.51. The van der Waals surface area contributed by atoms with Crippen LogP contribution in [-0.2, 0) is 9.53 Å². The van der Waals surface area contributed by atoms with E-state index in [4.69, 9.17) is 9.47 Å². The third kappa shape index (κ3) is 4.03. The van der Waals surface area contributed by atoms with Crippen LogP contribution >= 0.6 is 0 Å². The van der Waals surface area contributed by atoms with Crippen molar-refractivity contribution in [2.24, 2.45) is 0 Å². The van der Waals surface area contributed by atoms with E-state index in [-0.39, 0.29) is 24.7 Å². The van der Waals surface area contributed by atoms with Gasteiger partial charge >= 0.3 is 0 Å². The SMILES string of the molecule is COc1cccc(C2CCCN2C(=O)COC2CCNCC2)c1. The van der Waals surface area contributed by atoms with Gasteiger partial charge in [-0.3, -0.25) is 4.79 Å². The van der Waals surface area contributed by atoms with Crippen molar-refractivity contribution in [3.63, 3.8) is 0 Å². The fourth-order valence-corrected chi connectivity index (χ4v) is 3.49. The van der Waals surface area contributed by atoms with Crippen molar-refractivity contribution in [3.05, 3.63) is 29.8 Å². The van der Waals surface area contributed by atoms with Gasteiger partial charge in [0.15, 0.2) is 0 Å². The number of methoxy groups -OCH3 is 1. The Hall–Kier alpha value is -1.59. The van der Waals surface area contributed by atoms with Crippen molar-refractivity contribution in [2.45, 2.75) is 37.8 Å². The number of amides is 1. The second-order valence-electron chi connectivity index (χ2n) is 6.28. The lowest BCUT2D eigenvalue weighted by Crippen LogP contribution is -2.37. The zero-order valence-electron chi connectivity index (χ0n) is 13.8. The molecule has 5 heteroatoms. The first kappa shape index (κ1) is 16.3. The van der Waals surface area contributed by atoms with E-state index in [0.29, 0.717) is 0 Å². The highest BCUT2D eigenvalue weighted by Crippen LogP contribution is 2.33. The normalized spacial score (nSPS) is 22.3. The molecule has 0 aliphatic carbocycles. The van der Waals surface area contributed by atoms with Crippen LogP contribution in [0.5, 0.6) is 5.75 Å². The van der Waals surface area contributed by atoms with Gasteiger partial charge < -0.3 is 19.7 Å². The van der Waals surface area contributed by atoms with Gasteiger partial charge in [-0.05, 0) is 56.5 Å². The number of likely N-dealkylation sites (tertiary alicyclic amines) is 1. The minimum Gasteiger partial charge on any atom is -0.497 e. The number of carbonyl (C=O) groups excluding carboxylic acids is 1. The van der Waals surface area contributed by atoms with Gasteiger partial charge in [-0.25, -0.2) is 0 Å². The molecule has 23 heavy (non-hydrogen) atoms. The fourth-order valence-electron chi connectivity index (χ4n) is 3.49. The average Bonchev–Trinajstić information content (AvgIpc) is 3.10. The standard InChI is InChI=1S/C18H26N2O3/c1-22-16-5-2-4-14(12-16)17-6-3-11-20(17)18(21)13-23-15-7-9-19-10-8-15/h2,4-5,12,15,17,19H,3,6-11,13H2,1H3. The summed E-state index contributed by atoms with van der Waals surface area (Å²) in [6, 6.07) is 8.18. The van der Waals surface area contributed by atoms with Crippen molar-refractivity contribution in [2.75, 3.05) is 33.4 Å². The smallest absolute Gasteiger partial charge is 0.249 e. The van der Waals surface area contributed by atoms with E-state index in [2.05, 4.69) is 11.4 Å². The summed E-state index contributed by atoms with van der Waals surface area (Å²) in [6.07, 6.45) is 4.25. The topological polar surface area (TPSA) is 50.8 Å². The van der Waals surface area contributed by atoms with E-state index in [9.17, 15) is 4.79 Å². The monoisotopic (exact) mass is 318 g/mol. The Morgan fingerprint density at radius 3 is 2.91 bits per heavy atom. The molecular weight excluding hydrogens is 292 g/mol. The Morgan fingerprint density at radius 1 is 1.30 bits per heavy atom. The maximum Gasteiger partial charge on any atom is 0.249 e. The van der Waals surface area contributed by atoms with E-state index < -0.39 is 0 Å². The maximum atomic E-state index is 12.6. The Labute approximate surface area is 137 Å². The van der Waals surface area contributed by atoms with Crippen LogP contribution < -0.4 is 10.1 Å². The first-order chi connectivity index (χ1) is 11.3. The number of nitrogens with zero attached hydrogens (tertiary/aromatic N) is 1. The number of ether oxygens (including phenoxy) is 2. The molecule has 2 heterocycles. The van der Waals surface area contributed by atoms with Crippen molar-refractivity contribution < 1.29 is 14.3 Å². The van der Waals surface area contributed by atoms with Crippen molar-refractivity contribution in [1.82, 2.24) is 10.2 Å². The van der Waals surface area contributed by atoms with Crippen LogP contribution in [0, 0.1) is 0 Å². The van der Waals surface area contributed by atoms with Gasteiger partial charge in [0.05, 0.1) is 19.3 Å². The third-order valence-corrected chi connectivity index (χ3v) is 4.78. The summed E-state index contributed by atoms with van der Waals surface area (Å²) in [5.74, 6) is 0.946. The molecule has 0 aromatic heterocycles. The van der Waals surface area contributed by atoms with Crippen LogP contribution in [0.3, 0.4) is 0 Å². The molecule has 0 saturated carbocycles. The first-order valence-electron chi connectivity index (χ1n) is 8.53. The van der Waals surface area contributed by atoms with Gasteiger partial charge in [0.25, 0.3) is 0 Å². The van der Waals surface area contributed by atoms with Gasteiger partial charge in [-0.2, -0.15) is 0 Å². The number of rotatable bonds is 5. The lowest BCUT2D eigenvalue weighted by atomic mass is 10.0.